The van der Waals surface area contributed by atoms with Gasteiger partial charge in [-0.25, -0.2) is 0 Å². The lowest BCUT2D eigenvalue weighted by molar-refractivity contribution is -0.128. The van der Waals surface area contributed by atoms with E-state index in [-0.39, 0.29) is 11.8 Å². The van der Waals surface area contributed by atoms with E-state index in [1.807, 2.05) is 37.3 Å². The average molecular weight is 345 g/mol. The van der Waals surface area contributed by atoms with E-state index < -0.39 is 6.04 Å². The third-order valence-corrected chi connectivity index (χ3v) is 4.83. The van der Waals surface area contributed by atoms with Crippen LogP contribution in [-0.2, 0) is 16.0 Å². The molecule has 0 bridgehead atoms. The van der Waals surface area contributed by atoms with Gasteiger partial charge in [-0.15, -0.1) is 0 Å². The molecule has 2 unspecified atom stereocenters. The zero-order valence-corrected chi connectivity index (χ0v) is 15.5. The number of carbonyl (C=O) groups excluding carboxylic acids is 2. The Balaban J connectivity index is 1.77. The third-order valence-electron chi connectivity index (χ3n) is 4.83. The summed E-state index contributed by atoms with van der Waals surface area (Å²) in [5.41, 5.74) is 0.957. The van der Waals surface area contributed by atoms with Gasteiger partial charge in [-0.3, -0.25) is 14.5 Å². The molecule has 0 radical (unpaired) electrons. The van der Waals surface area contributed by atoms with E-state index in [4.69, 9.17) is 0 Å². The van der Waals surface area contributed by atoms with Crippen LogP contribution in [0.25, 0.3) is 0 Å². The Kier molecular flexibility index (Phi) is 7.92. The number of nitrogens with zero attached hydrogens (tertiary/aromatic N) is 1. The van der Waals surface area contributed by atoms with Crippen molar-refractivity contribution in [3.8, 4) is 0 Å². The highest BCUT2D eigenvalue weighted by Crippen LogP contribution is 2.15. The first-order valence-electron chi connectivity index (χ1n) is 9.45. The summed E-state index contributed by atoms with van der Waals surface area (Å²) < 4.78 is 0. The van der Waals surface area contributed by atoms with Crippen LogP contribution >= 0.6 is 0 Å². The van der Waals surface area contributed by atoms with Crippen LogP contribution in [0.2, 0.25) is 0 Å². The first-order valence-corrected chi connectivity index (χ1v) is 9.45. The maximum absolute atomic E-state index is 12.4. The SMILES string of the molecule is CCCC(NC(=O)Cc1ccccc1)C(=O)NCCN1CCCC1C. The Morgan fingerprint density at radius 1 is 1.28 bits per heavy atom. The van der Waals surface area contributed by atoms with Gasteiger partial charge < -0.3 is 10.6 Å². The molecule has 1 aliphatic rings. The van der Waals surface area contributed by atoms with Gasteiger partial charge >= 0.3 is 0 Å². The quantitative estimate of drug-likeness (QED) is 0.721. The van der Waals surface area contributed by atoms with E-state index in [1.165, 1.54) is 12.8 Å². The van der Waals surface area contributed by atoms with Gasteiger partial charge in [-0.05, 0) is 38.3 Å². The minimum Gasteiger partial charge on any atom is -0.353 e. The minimum absolute atomic E-state index is 0.0740. The molecule has 1 aliphatic heterocycles. The van der Waals surface area contributed by atoms with E-state index in [9.17, 15) is 9.59 Å². The highest BCUT2D eigenvalue weighted by molar-refractivity contribution is 5.88. The highest BCUT2D eigenvalue weighted by Gasteiger charge is 2.22. The molecule has 1 aromatic carbocycles. The molecule has 25 heavy (non-hydrogen) atoms. The van der Waals surface area contributed by atoms with Crippen molar-refractivity contribution in [3.05, 3.63) is 35.9 Å². The van der Waals surface area contributed by atoms with Crippen molar-refractivity contribution in [2.24, 2.45) is 0 Å². The van der Waals surface area contributed by atoms with Crippen LogP contribution in [0.1, 0.15) is 45.1 Å². The monoisotopic (exact) mass is 345 g/mol. The number of carbonyl (C=O) groups is 2. The van der Waals surface area contributed by atoms with Gasteiger partial charge in [0.05, 0.1) is 6.42 Å². The fraction of sp³-hybridized carbons (Fsp3) is 0.600. The lowest BCUT2D eigenvalue weighted by Crippen LogP contribution is -2.48. The van der Waals surface area contributed by atoms with Gasteiger partial charge in [0.1, 0.15) is 6.04 Å². The Hall–Kier alpha value is -1.88. The molecule has 0 aromatic heterocycles. The molecular weight excluding hydrogens is 314 g/mol. The summed E-state index contributed by atoms with van der Waals surface area (Å²) in [6.45, 7) is 6.89. The van der Waals surface area contributed by atoms with E-state index in [0.29, 0.717) is 25.4 Å². The number of nitrogens with one attached hydrogen (secondary N) is 2. The van der Waals surface area contributed by atoms with Crippen molar-refractivity contribution >= 4 is 11.8 Å². The van der Waals surface area contributed by atoms with Crippen LogP contribution in [0.3, 0.4) is 0 Å². The van der Waals surface area contributed by atoms with Crippen LogP contribution in [-0.4, -0.2) is 48.4 Å². The topological polar surface area (TPSA) is 61.4 Å². The zero-order chi connectivity index (χ0) is 18.1. The summed E-state index contributed by atoms with van der Waals surface area (Å²) in [6.07, 6.45) is 4.30. The molecule has 0 saturated carbocycles. The number of likely N-dealkylation sites (tertiary alicyclic amines) is 1. The molecule has 1 heterocycles. The van der Waals surface area contributed by atoms with Crippen molar-refractivity contribution in [1.82, 2.24) is 15.5 Å². The van der Waals surface area contributed by atoms with Gasteiger partial charge in [0.2, 0.25) is 11.8 Å². The number of hydrogen-bond donors (Lipinski definition) is 2. The summed E-state index contributed by atoms with van der Waals surface area (Å²) in [5.74, 6) is -0.178. The fourth-order valence-corrected chi connectivity index (χ4v) is 3.35. The molecule has 2 rings (SSSR count). The van der Waals surface area contributed by atoms with Crippen molar-refractivity contribution in [2.75, 3.05) is 19.6 Å². The van der Waals surface area contributed by atoms with Crippen LogP contribution in [0.15, 0.2) is 30.3 Å². The second-order valence-corrected chi connectivity index (χ2v) is 6.89. The largest absolute Gasteiger partial charge is 0.353 e. The third kappa shape index (κ3) is 6.50. The summed E-state index contributed by atoms with van der Waals surface area (Å²) in [7, 11) is 0. The molecule has 1 aromatic rings. The standard InChI is InChI=1S/C20H31N3O2/c1-3-8-18(22-19(24)15-17-10-5-4-6-11-17)20(25)21-12-14-23-13-7-9-16(23)2/h4-6,10-11,16,18H,3,7-9,12-15H2,1-2H3,(H,21,25)(H,22,24). The molecule has 5 nitrogen and oxygen atoms in total. The highest BCUT2D eigenvalue weighted by atomic mass is 16.2. The van der Waals surface area contributed by atoms with Gasteiger partial charge in [0, 0.05) is 19.1 Å². The number of hydrogen-bond acceptors (Lipinski definition) is 3. The van der Waals surface area contributed by atoms with Crippen LogP contribution < -0.4 is 10.6 Å². The molecule has 138 valence electrons. The minimum atomic E-state index is -0.447. The normalized spacial score (nSPS) is 18.7. The van der Waals surface area contributed by atoms with Crippen molar-refractivity contribution in [1.29, 1.82) is 0 Å². The summed E-state index contributed by atoms with van der Waals surface area (Å²) in [6, 6.07) is 9.76. The summed E-state index contributed by atoms with van der Waals surface area (Å²) in [4.78, 5) is 27.1. The van der Waals surface area contributed by atoms with Gasteiger partial charge in [0.15, 0.2) is 0 Å². The molecule has 5 heteroatoms. The second-order valence-electron chi connectivity index (χ2n) is 6.89. The number of rotatable bonds is 9. The number of benzene rings is 1. The van der Waals surface area contributed by atoms with Crippen molar-refractivity contribution < 1.29 is 9.59 Å². The van der Waals surface area contributed by atoms with Crippen LogP contribution in [0.4, 0.5) is 0 Å². The molecule has 2 atom stereocenters. The predicted molar refractivity (Wildman–Crippen MR) is 100 cm³/mol. The maximum atomic E-state index is 12.4. The molecule has 1 saturated heterocycles. The van der Waals surface area contributed by atoms with E-state index in [2.05, 4.69) is 22.5 Å². The van der Waals surface area contributed by atoms with Gasteiger partial charge in [-0.1, -0.05) is 43.7 Å². The van der Waals surface area contributed by atoms with E-state index >= 15 is 0 Å². The molecular formula is C20H31N3O2. The second kappa shape index (κ2) is 10.2. The average Bonchev–Trinajstić information content (AvgIpc) is 3.00. The van der Waals surface area contributed by atoms with E-state index in [1.54, 1.807) is 0 Å². The lowest BCUT2D eigenvalue weighted by Gasteiger charge is -2.22. The fourth-order valence-electron chi connectivity index (χ4n) is 3.35. The number of amides is 2. The molecule has 1 fully saturated rings. The van der Waals surface area contributed by atoms with Crippen molar-refractivity contribution in [2.45, 2.75) is 58.0 Å². The summed E-state index contributed by atoms with van der Waals surface area (Å²) in [5, 5.41) is 5.88. The Bertz CT molecular complexity index is 547. The first kappa shape index (κ1) is 19.4. The van der Waals surface area contributed by atoms with Gasteiger partial charge in [-0.2, -0.15) is 0 Å². The molecule has 2 N–H and O–H groups in total. The Morgan fingerprint density at radius 2 is 2.04 bits per heavy atom. The molecule has 0 aliphatic carbocycles. The Labute approximate surface area is 151 Å². The maximum Gasteiger partial charge on any atom is 0.242 e. The zero-order valence-electron chi connectivity index (χ0n) is 15.5. The Morgan fingerprint density at radius 3 is 2.68 bits per heavy atom. The predicted octanol–water partition coefficient (Wildman–Crippen LogP) is 2.11. The molecule has 0 spiro atoms. The van der Waals surface area contributed by atoms with E-state index in [0.717, 1.165) is 25.1 Å². The lowest BCUT2D eigenvalue weighted by atomic mass is 10.1. The van der Waals surface area contributed by atoms with Crippen molar-refractivity contribution in [3.63, 3.8) is 0 Å². The van der Waals surface area contributed by atoms with Gasteiger partial charge in [0.25, 0.3) is 0 Å². The van der Waals surface area contributed by atoms with Crippen LogP contribution in [0.5, 0.6) is 0 Å². The smallest absolute Gasteiger partial charge is 0.242 e. The van der Waals surface area contributed by atoms with Crippen LogP contribution in [0, 0.1) is 0 Å². The first-order chi connectivity index (χ1) is 12.1. The molecule has 2 amide bonds. The summed E-state index contributed by atoms with van der Waals surface area (Å²) >= 11 is 0.